The van der Waals surface area contributed by atoms with Crippen LogP contribution in [0.5, 0.6) is 0 Å². The Bertz CT molecular complexity index is 865. The minimum atomic E-state index is -0.0252. The number of benzene rings is 1. The van der Waals surface area contributed by atoms with Gasteiger partial charge in [0.05, 0.1) is 31.0 Å². The lowest BCUT2D eigenvalue weighted by atomic mass is 9.91. The normalized spacial score (nSPS) is 23.4. The number of likely N-dealkylation sites (tertiary alicyclic amines) is 1. The number of fused-ring (bicyclic) bond motifs is 1. The van der Waals surface area contributed by atoms with E-state index in [9.17, 15) is 4.79 Å². The first-order valence-electron chi connectivity index (χ1n) is 9.62. The molecule has 3 atom stereocenters. The summed E-state index contributed by atoms with van der Waals surface area (Å²) in [6, 6.07) is 12.9. The van der Waals surface area contributed by atoms with Crippen molar-refractivity contribution in [1.82, 2.24) is 9.88 Å². The maximum Gasteiger partial charge on any atom is 0.253 e. The van der Waals surface area contributed by atoms with Crippen LogP contribution in [0.25, 0.3) is 0 Å². The van der Waals surface area contributed by atoms with Crippen molar-refractivity contribution < 1.29 is 14.3 Å². The van der Waals surface area contributed by atoms with Gasteiger partial charge in [-0.05, 0) is 48.2 Å². The van der Waals surface area contributed by atoms with Crippen LogP contribution < -0.4 is 0 Å². The quantitative estimate of drug-likeness (QED) is 0.724. The Balaban J connectivity index is 1.29. The molecule has 2 aliphatic heterocycles. The summed E-state index contributed by atoms with van der Waals surface area (Å²) >= 11 is 0. The Morgan fingerprint density at radius 2 is 2.14 bits per heavy atom. The fraction of sp³-hybridized carbons (Fsp3) is 0.409. The van der Waals surface area contributed by atoms with Crippen molar-refractivity contribution in [3.63, 3.8) is 0 Å². The average Bonchev–Trinajstić information content (AvgIpc) is 3.33. The lowest BCUT2D eigenvalue weighted by molar-refractivity contribution is 0.0648. The van der Waals surface area contributed by atoms with Gasteiger partial charge in [0.15, 0.2) is 0 Å². The highest BCUT2D eigenvalue weighted by Crippen LogP contribution is 2.36. The molecule has 2 fully saturated rings. The lowest BCUT2D eigenvalue weighted by Crippen LogP contribution is -2.31. The first-order chi connectivity index (χ1) is 13.7. The van der Waals surface area contributed by atoms with E-state index in [1.54, 1.807) is 36.7 Å². The van der Waals surface area contributed by atoms with Crippen molar-refractivity contribution in [2.24, 2.45) is 11.8 Å². The third kappa shape index (κ3) is 4.06. The van der Waals surface area contributed by atoms with Crippen molar-refractivity contribution >= 4 is 5.91 Å². The maximum absolute atomic E-state index is 12.8. The van der Waals surface area contributed by atoms with Crippen LogP contribution >= 0.6 is 0 Å². The molecule has 2 saturated heterocycles. The van der Waals surface area contributed by atoms with Gasteiger partial charge in [0, 0.05) is 43.6 Å². The predicted octanol–water partition coefficient (Wildman–Crippen LogP) is 2.65. The van der Waals surface area contributed by atoms with Crippen molar-refractivity contribution in [3.8, 4) is 6.07 Å². The second kappa shape index (κ2) is 8.51. The van der Waals surface area contributed by atoms with Gasteiger partial charge in [-0.15, -0.1) is 0 Å². The molecule has 1 aromatic carbocycles. The highest BCUT2D eigenvalue weighted by molar-refractivity contribution is 5.94. The fourth-order valence-electron chi connectivity index (χ4n) is 4.07. The summed E-state index contributed by atoms with van der Waals surface area (Å²) in [4.78, 5) is 18.7. The number of hydrogen-bond acceptors (Lipinski definition) is 5. The molecule has 0 saturated carbocycles. The zero-order valence-corrected chi connectivity index (χ0v) is 15.7. The number of ether oxygens (including phenoxy) is 2. The lowest BCUT2D eigenvalue weighted by Gasteiger charge is -2.20. The molecule has 0 aliphatic carbocycles. The van der Waals surface area contributed by atoms with E-state index in [-0.39, 0.29) is 12.0 Å². The number of carbonyl (C=O) groups is 1. The molecule has 0 spiro atoms. The van der Waals surface area contributed by atoms with Gasteiger partial charge < -0.3 is 14.4 Å². The van der Waals surface area contributed by atoms with Crippen LogP contribution in [0.2, 0.25) is 0 Å². The number of nitriles is 1. The second-order valence-electron chi connectivity index (χ2n) is 7.40. The van der Waals surface area contributed by atoms with Gasteiger partial charge in [0.1, 0.15) is 0 Å². The molecule has 0 bridgehead atoms. The number of nitrogens with zero attached hydrogens (tertiary/aromatic N) is 3. The van der Waals surface area contributed by atoms with E-state index in [4.69, 9.17) is 14.7 Å². The van der Waals surface area contributed by atoms with Crippen LogP contribution in [0.4, 0.5) is 0 Å². The van der Waals surface area contributed by atoms with Crippen molar-refractivity contribution in [2.75, 3.05) is 26.3 Å². The van der Waals surface area contributed by atoms with Gasteiger partial charge in [-0.1, -0.05) is 6.07 Å². The van der Waals surface area contributed by atoms with Crippen molar-refractivity contribution in [3.05, 3.63) is 65.5 Å². The molecule has 1 amide bonds. The Kier molecular flexibility index (Phi) is 5.65. The molecule has 1 aromatic heterocycles. The topological polar surface area (TPSA) is 75.5 Å². The van der Waals surface area contributed by atoms with Crippen LogP contribution in [-0.2, 0) is 16.1 Å². The third-order valence-electron chi connectivity index (χ3n) is 5.62. The smallest absolute Gasteiger partial charge is 0.253 e. The molecule has 144 valence electrons. The number of hydrogen-bond donors (Lipinski definition) is 0. The number of amides is 1. The summed E-state index contributed by atoms with van der Waals surface area (Å²) in [5, 5.41) is 9.04. The Hall–Kier alpha value is -2.75. The second-order valence-corrected chi connectivity index (χ2v) is 7.40. The zero-order chi connectivity index (χ0) is 19.3. The van der Waals surface area contributed by atoms with Crippen molar-refractivity contribution in [1.29, 1.82) is 5.26 Å². The van der Waals surface area contributed by atoms with E-state index in [0.717, 1.165) is 18.6 Å². The molecule has 4 rings (SSSR count). The van der Waals surface area contributed by atoms with Crippen LogP contribution in [0.3, 0.4) is 0 Å². The molecule has 2 aliphatic rings. The van der Waals surface area contributed by atoms with Gasteiger partial charge in [0.25, 0.3) is 5.91 Å². The number of pyridine rings is 1. The van der Waals surface area contributed by atoms with Crippen LogP contribution in [0, 0.1) is 23.2 Å². The molecular weight excluding hydrogens is 354 g/mol. The molecule has 0 unspecified atom stereocenters. The molecule has 6 heteroatoms. The highest BCUT2D eigenvalue weighted by Gasteiger charge is 2.44. The standard InChI is InChI=1S/C22H23N3O3/c23-11-17-2-1-3-18(10-17)22(26)25-12-20-19(15-28-21(20)13-25)6-9-27-14-16-4-7-24-8-5-16/h1-5,7-8,10,19-21H,6,9,12-15H2/t19-,20-,21-/m0/s1. The molecule has 28 heavy (non-hydrogen) atoms. The Morgan fingerprint density at radius 3 is 2.96 bits per heavy atom. The van der Waals surface area contributed by atoms with Gasteiger partial charge >= 0.3 is 0 Å². The SMILES string of the molecule is N#Cc1cccc(C(=O)N2C[C@H]3[C@@H](CCOCc4ccncc4)CO[C@H]3C2)c1. The Morgan fingerprint density at radius 1 is 1.29 bits per heavy atom. The number of carbonyl (C=O) groups excluding carboxylic acids is 1. The maximum atomic E-state index is 12.8. The largest absolute Gasteiger partial charge is 0.377 e. The molecule has 6 nitrogen and oxygen atoms in total. The van der Waals surface area contributed by atoms with E-state index in [1.807, 2.05) is 17.0 Å². The number of rotatable bonds is 6. The number of aromatic nitrogens is 1. The van der Waals surface area contributed by atoms with Crippen LogP contribution in [0.1, 0.15) is 27.9 Å². The zero-order valence-electron chi connectivity index (χ0n) is 15.7. The monoisotopic (exact) mass is 377 g/mol. The van der Waals surface area contributed by atoms with E-state index in [0.29, 0.717) is 49.3 Å². The van der Waals surface area contributed by atoms with Crippen LogP contribution in [-0.4, -0.2) is 48.2 Å². The van der Waals surface area contributed by atoms with E-state index in [1.165, 1.54) is 0 Å². The van der Waals surface area contributed by atoms with E-state index < -0.39 is 0 Å². The first kappa shape index (κ1) is 18.6. The van der Waals surface area contributed by atoms with E-state index in [2.05, 4.69) is 11.1 Å². The van der Waals surface area contributed by atoms with Gasteiger partial charge in [-0.3, -0.25) is 9.78 Å². The summed E-state index contributed by atoms with van der Waals surface area (Å²) in [5.74, 6) is 0.737. The average molecular weight is 377 g/mol. The predicted molar refractivity (Wildman–Crippen MR) is 102 cm³/mol. The highest BCUT2D eigenvalue weighted by atomic mass is 16.5. The molecule has 3 heterocycles. The molecule has 0 N–H and O–H groups in total. The van der Waals surface area contributed by atoms with E-state index >= 15 is 0 Å². The third-order valence-corrected chi connectivity index (χ3v) is 5.62. The van der Waals surface area contributed by atoms with Gasteiger partial charge in [0.2, 0.25) is 0 Å². The molecule has 2 aromatic rings. The summed E-state index contributed by atoms with van der Waals surface area (Å²) < 4.78 is 11.8. The minimum absolute atomic E-state index is 0.0252. The summed E-state index contributed by atoms with van der Waals surface area (Å²) in [5.41, 5.74) is 2.19. The van der Waals surface area contributed by atoms with Crippen LogP contribution in [0.15, 0.2) is 48.8 Å². The summed E-state index contributed by atoms with van der Waals surface area (Å²) in [6.07, 6.45) is 4.57. The molecule has 0 radical (unpaired) electrons. The Labute approximate surface area is 164 Å². The van der Waals surface area contributed by atoms with Crippen molar-refractivity contribution in [2.45, 2.75) is 19.1 Å². The minimum Gasteiger partial charge on any atom is -0.377 e. The van der Waals surface area contributed by atoms with Gasteiger partial charge in [-0.25, -0.2) is 0 Å². The summed E-state index contributed by atoms with van der Waals surface area (Å²) in [6.45, 7) is 3.33. The first-order valence-corrected chi connectivity index (χ1v) is 9.62. The fourth-order valence-corrected chi connectivity index (χ4v) is 4.07. The van der Waals surface area contributed by atoms with Gasteiger partial charge in [-0.2, -0.15) is 5.26 Å². The molecular formula is C22H23N3O3. The summed E-state index contributed by atoms with van der Waals surface area (Å²) in [7, 11) is 0.